The summed E-state index contributed by atoms with van der Waals surface area (Å²) in [6.07, 6.45) is 15.0. The maximum Gasteiger partial charge on any atom is 0.155 e. The van der Waals surface area contributed by atoms with Crippen LogP contribution < -0.4 is 5.32 Å². The number of nitrogens with one attached hydrogen (secondary N) is 1. The molecule has 3 heteroatoms. The summed E-state index contributed by atoms with van der Waals surface area (Å²) < 4.78 is 7.02. The molecule has 2 saturated heterocycles. The van der Waals surface area contributed by atoms with Crippen LogP contribution >= 0.6 is 0 Å². The third kappa shape index (κ3) is 3.66. The summed E-state index contributed by atoms with van der Waals surface area (Å²) in [5, 5.41) is 3.85. The Morgan fingerprint density at radius 1 is 1.25 bits per heavy atom. The molecule has 0 radical (unpaired) electrons. The Morgan fingerprint density at radius 3 is 2.78 bits per heavy atom. The van der Waals surface area contributed by atoms with E-state index < -0.39 is 0 Å². The van der Waals surface area contributed by atoms with Crippen molar-refractivity contribution in [3.05, 3.63) is 23.3 Å². The molecule has 178 valence electrons. The second-order valence-electron chi connectivity index (χ2n) is 12.5. The number of carbonyl (C=O) groups excluding carboxylic acids is 1. The maximum atomic E-state index is 11.9. The zero-order chi connectivity index (χ0) is 22.7. The van der Waals surface area contributed by atoms with Crippen LogP contribution in [-0.2, 0) is 9.53 Å². The van der Waals surface area contributed by atoms with Crippen LogP contribution in [-0.4, -0.2) is 30.1 Å². The molecular formula is C29H45NO2. The van der Waals surface area contributed by atoms with Gasteiger partial charge in [-0.05, 0) is 93.6 Å². The Hall–Kier alpha value is -0.930. The van der Waals surface area contributed by atoms with Crippen LogP contribution in [0.5, 0.6) is 0 Å². The third-order valence-electron chi connectivity index (χ3n) is 10.4. The fourth-order valence-electron chi connectivity index (χ4n) is 8.56. The molecule has 3 nitrogen and oxygen atoms in total. The van der Waals surface area contributed by atoms with Crippen molar-refractivity contribution in [1.82, 2.24) is 5.32 Å². The minimum atomic E-state index is 0.0289. The molecule has 0 aromatic carbocycles. The number of piperidine rings is 1. The molecule has 0 aromatic heterocycles. The van der Waals surface area contributed by atoms with Crippen molar-refractivity contribution >= 4 is 5.78 Å². The maximum absolute atomic E-state index is 11.9. The first-order valence-electron chi connectivity index (χ1n) is 13.6. The molecule has 32 heavy (non-hydrogen) atoms. The largest absolute Gasteiger partial charge is 0.369 e. The molecule has 5 aliphatic rings. The Kier molecular flexibility index (Phi) is 5.98. The van der Waals surface area contributed by atoms with Gasteiger partial charge in [0.1, 0.15) is 0 Å². The van der Waals surface area contributed by atoms with Crippen LogP contribution in [0, 0.1) is 35.0 Å². The highest BCUT2D eigenvalue weighted by molar-refractivity contribution is 5.90. The van der Waals surface area contributed by atoms with Gasteiger partial charge in [-0.15, -0.1) is 0 Å². The lowest BCUT2D eigenvalue weighted by Gasteiger charge is -2.40. The molecule has 0 aromatic rings. The molecule has 2 heterocycles. The second kappa shape index (κ2) is 8.38. The van der Waals surface area contributed by atoms with Crippen molar-refractivity contribution in [3.63, 3.8) is 0 Å². The van der Waals surface area contributed by atoms with Crippen LogP contribution in [0.25, 0.3) is 0 Å². The zero-order valence-corrected chi connectivity index (χ0v) is 21.1. The monoisotopic (exact) mass is 439 g/mol. The SMILES string of the molecule is CCC[C@H]1[C@@H]2CC[C@@]3(CC(C)=C2C[C@@H]1[C@]1(C)C=CC(=O)CC1)O[C@@H]1C[C@H](C)CN[C@H]1[C@H]3C. The van der Waals surface area contributed by atoms with E-state index in [0.717, 1.165) is 31.7 Å². The number of hydrogen-bond donors (Lipinski definition) is 1. The Morgan fingerprint density at radius 2 is 2.06 bits per heavy atom. The molecule has 0 bridgehead atoms. The molecule has 0 unspecified atom stereocenters. The van der Waals surface area contributed by atoms with Gasteiger partial charge >= 0.3 is 0 Å². The second-order valence-corrected chi connectivity index (χ2v) is 12.5. The van der Waals surface area contributed by atoms with Gasteiger partial charge in [0.25, 0.3) is 0 Å². The molecule has 9 atom stereocenters. The molecular weight excluding hydrogens is 394 g/mol. The Bertz CT molecular complexity index is 814. The van der Waals surface area contributed by atoms with Crippen molar-refractivity contribution in [3.8, 4) is 0 Å². The highest BCUT2D eigenvalue weighted by Crippen LogP contribution is 2.59. The van der Waals surface area contributed by atoms with Gasteiger partial charge in [0, 0.05) is 18.4 Å². The molecule has 2 aliphatic heterocycles. The predicted octanol–water partition coefficient (Wildman–Crippen LogP) is 6.24. The van der Waals surface area contributed by atoms with Crippen LogP contribution in [0.4, 0.5) is 0 Å². The number of ether oxygens (including phenoxy) is 1. The van der Waals surface area contributed by atoms with E-state index in [0.29, 0.717) is 41.6 Å². The fourth-order valence-corrected chi connectivity index (χ4v) is 8.56. The van der Waals surface area contributed by atoms with E-state index in [1.54, 1.807) is 11.1 Å². The van der Waals surface area contributed by atoms with Gasteiger partial charge in [0.05, 0.1) is 11.7 Å². The molecule has 1 N–H and O–H groups in total. The van der Waals surface area contributed by atoms with Crippen molar-refractivity contribution in [2.75, 3.05) is 6.54 Å². The molecule has 1 spiro atoms. The summed E-state index contributed by atoms with van der Waals surface area (Å²) in [5.74, 6) is 3.76. The molecule has 3 fully saturated rings. The van der Waals surface area contributed by atoms with Crippen LogP contribution in [0.3, 0.4) is 0 Å². The van der Waals surface area contributed by atoms with Crippen molar-refractivity contribution in [2.24, 2.45) is 35.0 Å². The summed E-state index contributed by atoms with van der Waals surface area (Å²) in [4.78, 5) is 11.9. The van der Waals surface area contributed by atoms with E-state index in [1.165, 1.54) is 38.5 Å². The quantitative estimate of drug-likeness (QED) is 0.529. The highest BCUT2D eigenvalue weighted by Gasteiger charge is 2.56. The van der Waals surface area contributed by atoms with Crippen LogP contribution in [0.1, 0.15) is 92.4 Å². The summed E-state index contributed by atoms with van der Waals surface area (Å²) in [6.45, 7) is 13.2. The normalized spacial score (nSPS) is 48.8. The molecule has 0 amide bonds. The standard InChI is InChI=1S/C29H45NO2/c1-6-7-23-22-10-13-29(20(4)27-26(32-29)14-18(2)17-30-27)16-19(3)24(22)15-25(23)28(5)11-8-21(31)9-12-28/h8,11,18,20,22-23,25-27,30H,6-7,9-10,12-17H2,1-5H3/t18-,20+,22-,23-,25-,26+,27-,28+,29-/m0/s1. The lowest BCUT2D eigenvalue weighted by atomic mass is 9.64. The summed E-state index contributed by atoms with van der Waals surface area (Å²) >= 11 is 0. The average Bonchev–Trinajstić information content (AvgIpc) is 3.20. The number of rotatable bonds is 3. The van der Waals surface area contributed by atoms with Gasteiger partial charge in [-0.1, -0.05) is 51.3 Å². The summed E-state index contributed by atoms with van der Waals surface area (Å²) in [7, 11) is 0. The Labute approximate surface area is 195 Å². The number of carbonyl (C=O) groups is 1. The average molecular weight is 440 g/mol. The van der Waals surface area contributed by atoms with Crippen molar-refractivity contribution in [2.45, 2.75) is 110 Å². The highest BCUT2D eigenvalue weighted by atomic mass is 16.5. The third-order valence-corrected chi connectivity index (χ3v) is 10.4. The summed E-state index contributed by atoms with van der Waals surface area (Å²) in [5.41, 5.74) is 3.61. The van der Waals surface area contributed by atoms with Gasteiger partial charge in [-0.25, -0.2) is 0 Å². The van der Waals surface area contributed by atoms with E-state index in [4.69, 9.17) is 4.74 Å². The van der Waals surface area contributed by atoms with Crippen LogP contribution in [0.15, 0.2) is 23.3 Å². The number of hydrogen-bond acceptors (Lipinski definition) is 3. The number of fused-ring (bicyclic) bond motifs is 2. The lowest BCUT2D eigenvalue weighted by molar-refractivity contribution is -0.116. The Balaban J connectivity index is 1.43. The van der Waals surface area contributed by atoms with Gasteiger partial charge in [0.15, 0.2) is 5.78 Å². The fraction of sp³-hybridized carbons (Fsp3) is 0.828. The van der Waals surface area contributed by atoms with E-state index in [1.807, 2.05) is 6.08 Å². The minimum absolute atomic E-state index is 0.0289. The van der Waals surface area contributed by atoms with Gasteiger partial charge in [-0.3, -0.25) is 4.79 Å². The summed E-state index contributed by atoms with van der Waals surface area (Å²) in [6, 6.07) is 0.532. The first-order valence-corrected chi connectivity index (χ1v) is 13.6. The van der Waals surface area contributed by atoms with E-state index in [9.17, 15) is 4.79 Å². The van der Waals surface area contributed by atoms with Crippen molar-refractivity contribution in [1.29, 1.82) is 0 Å². The van der Waals surface area contributed by atoms with Gasteiger partial charge < -0.3 is 10.1 Å². The zero-order valence-electron chi connectivity index (χ0n) is 21.1. The topological polar surface area (TPSA) is 38.3 Å². The smallest absolute Gasteiger partial charge is 0.155 e. The van der Waals surface area contributed by atoms with E-state index >= 15 is 0 Å². The number of ketones is 1. The van der Waals surface area contributed by atoms with Gasteiger partial charge in [0.2, 0.25) is 0 Å². The van der Waals surface area contributed by atoms with E-state index in [-0.39, 0.29) is 11.0 Å². The van der Waals surface area contributed by atoms with Crippen molar-refractivity contribution < 1.29 is 9.53 Å². The predicted molar refractivity (Wildman–Crippen MR) is 130 cm³/mol. The minimum Gasteiger partial charge on any atom is -0.369 e. The molecule has 3 aliphatic carbocycles. The molecule has 5 rings (SSSR count). The first kappa shape index (κ1) is 22.8. The van der Waals surface area contributed by atoms with E-state index in [2.05, 4.69) is 46.0 Å². The van der Waals surface area contributed by atoms with Crippen LogP contribution in [0.2, 0.25) is 0 Å². The molecule has 1 saturated carbocycles. The van der Waals surface area contributed by atoms with Gasteiger partial charge in [-0.2, -0.15) is 0 Å². The first-order chi connectivity index (χ1) is 15.3. The lowest BCUT2D eigenvalue weighted by Crippen LogP contribution is -2.48. The number of allylic oxidation sites excluding steroid dienone is 3.